The Kier molecular flexibility index (Phi) is 6.25. The Morgan fingerprint density at radius 1 is 0.265 bits per heavy atom. The van der Waals surface area contributed by atoms with Gasteiger partial charge in [-0.3, -0.25) is 0 Å². The van der Waals surface area contributed by atoms with Crippen LogP contribution in [0.3, 0.4) is 0 Å². The van der Waals surface area contributed by atoms with Gasteiger partial charge in [0.1, 0.15) is 11.2 Å². The first-order valence-corrected chi connectivity index (χ1v) is 16.9. The normalized spacial score (nSPS) is 11.7. The summed E-state index contributed by atoms with van der Waals surface area (Å²) in [4.78, 5) is 0. The second kappa shape index (κ2) is 11.1. The van der Waals surface area contributed by atoms with Crippen molar-refractivity contribution < 1.29 is 4.42 Å². The number of benzene rings is 9. The average Bonchev–Trinajstić information content (AvgIpc) is 3.56. The molecule has 1 heteroatoms. The summed E-state index contributed by atoms with van der Waals surface area (Å²) < 4.78 is 6.59. The van der Waals surface area contributed by atoms with Gasteiger partial charge in [-0.25, -0.2) is 0 Å². The van der Waals surface area contributed by atoms with Crippen molar-refractivity contribution >= 4 is 54.3 Å². The van der Waals surface area contributed by atoms with Crippen LogP contribution in [0, 0.1) is 0 Å². The molecule has 1 heterocycles. The van der Waals surface area contributed by atoms with E-state index in [0.29, 0.717) is 0 Å². The molecule has 0 saturated carbocycles. The molecule has 0 saturated heterocycles. The molecule has 0 amide bonds. The van der Waals surface area contributed by atoms with Gasteiger partial charge in [-0.2, -0.15) is 0 Å². The Hall–Kier alpha value is -6.44. The van der Waals surface area contributed by atoms with Gasteiger partial charge in [0.05, 0.1) is 0 Å². The monoisotopic (exact) mass is 622 g/mol. The van der Waals surface area contributed by atoms with Crippen LogP contribution in [-0.4, -0.2) is 0 Å². The molecular formula is C48H30O. The van der Waals surface area contributed by atoms with Crippen LogP contribution in [0.25, 0.3) is 98.8 Å². The molecule has 228 valence electrons. The summed E-state index contributed by atoms with van der Waals surface area (Å²) >= 11 is 0. The smallest absolute Gasteiger partial charge is 0.136 e. The third-order valence-corrected chi connectivity index (χ3v) is 10.1. The Morgan fingerprint density at radius 2 is 0.755 bits per heavy atom. The lowest BCUT2D eigenvalue weighted by Crippen LogP contribution is -1.92. The molecule has 9 aromatic carbocycles. The molecule has 0 fully saturated rings. The number of fused-ring (bicyclic) bond motifs is 6. The van der Waals surface area contributed by atoms with E-state index in [2.05, 4.69) is 182 Å². The van der Waals surface area contributed by atoms with Gasteiger partial charge in [-0.1, -0.05) is 164 Å². The van der Waals surface area contributed by atoms with Gasteiger partial charge in [0.15, 0.2) is 0 Å². The van der Waals surface area contributed by atoms with E-state index in [1.54, 1.807) is 0 Å². The summed E-state index contributed by atoms with van der Waals surface area (Å²) in [5.41, 5.74) is 11.5. The number of furan rings is 1. The maximum Gasteiger partial charge on any atom is 0.136 e. The van der Waals surface area contributed by atoms with Crippen molar-refractivity contribution in [2.45, 2.75) is 0 Å². The fourth-order valence-corrected chi connectivity index (χ4v) is 7.95. The van der Waals surface area contributed by atoms with E-state index < -0.39 is 0 Å². The van der Waals surface area contributed by atoms with Crippen LogP contribution in [0.1, 0.15) is 0 Å². The molecule has 0 atom stereocenters. The van der Waals surface area contributed by atoms with Crippen molar-refractivity contribution in [2.24, 2.45) is 0 Å². The lowest BCUT2D eigenvalue weighted by Gasteiger charge is -2.19. The van der Waals surface area contributed by atoms with Gasteiger partial charge in [-0.05, 0) is 95.0 Å². The first-order chi connectivity index (χ1) is 24.3. The highest BCUT2D eigenvalue weighted by molar-refractivity contribution is 6.27. The number of rotatable bonds is 4. The van der Waals surface area contributed by atoms with Gasteiger partial charge in [0.25, 0.3) is 0 Å². The van der Waals surface area contributed by atoms with Gasteiger partial charge in [-0.15, -0.1) is 0 Å². The Labute approximate surface area is 284 Å². The highest BCUT2D eigenvalue weighted by Gasteiger charge is 2.21. The molecule has 0 N–H and O–H groups in total. The topological polar surface area (TPSA) is 13.1 Å². The zero-order valence-corrected chi connectivity index (χ0v) is 26.7. The molecule has 0 radical (unpaired) electrons. The Bertz CT molecular complexity index is 2800. The minimum atomic E-state index is 0.900. The lowest BCUT2D eigenvalue weighted by atomic mass is 9.83. The zero-order valence-electron chi connectivity index (χ0n) is 26.7. The molecule has 1 nitrogen and oxygen atoms in total. The second-order valence-corrected chi connectivity index (χ2v) is 12.8. The van der Waals surface area contributed by atoms with Crippen molar-refractivity contribution in [2.75, 3.05) is 0 Å². The van der Waals surface area contributed by atoms with E-state index in [1.165, 1.54) is 71.3 Å². The summed E-state index contributed by atoms with van der Waals surface area (Å²) in [5, 5.41) is 9.74. The third kappa shape index (κ3) is 4.33. The molecule has 10 aromatic rings. The average molecular weight is 623 g/mol. The summed E-state index contributed by atoms with van der Waals surface area (Å²) in [5.74, 6) is 0. The molecule has 0 unspecified atom stereocenters. The Morgan fingerprint density at radius 3 is 1.41 bits per heavy atom. The fraction of sp³-hybridized carbons (Fsp3) is 0. The number of hydrogen-bond donors (Lipinski definition) is 0. The van der Waals surface area contributed by atoms with Crippen molar-refractivity contribution in [1.82, 2.24) is 0 Å². The molecular weight excluding hydrogens is 593 g/mol. The molecule has 0 aliphatic carbocycles. The lowest BCUT2D eigenvalue weighted by molar-refractivity contribution is 0.669. The van der Waals surface area contributed by atoms with E-state index >= 15 is 0 Å². The molecule has 0 spiro atoms. The maximum atomic E-state index is 6.59. The van der Waals surface area contributed by atoms with Gasteiger partial charge >= 0.3 is 0 Å². The minimum Gasteiger partial charge on any atom is -0.456 e. The fourth-order valence-electron chi connectivity index (χ4n) is 7.95. The van der Waals surface area contributed by atoms with E-state index in [-0.39, 0.29) is 0 Å². The first kappa shape index (κ1) is 27.7. The van der Waals surface area contributed by atoms with Crippen molar-refractivity contribution in [1.29, 1.82) is 0 Å². The predicted octanol–water partition coefficient (Wildman–Crippen LogP) is 13.7. The SMILES string of the molecule is c1ccc(-c2ccc3c(c2)oc2cccc(-c4c5ccccc5c(-c5cccc6c(-c7ccccc7)cccc56)c5ccccc45)c23)cc1. The quantitative estimate of drug-likeness (QED) is 0.178. The van der Waals surface area contributed by atoms with Gasteiger partial charge < -0.3 is 4.42 Å². The van der Waals surface area contributed by atoms with Crippen LogP contribution in [0.5, 0.6) is 0 Å². The van der Waals surface area contributed by atoms with Crippen molar-refractivity contribution in [3.63, 3.8) is 0 Å². The largest absolute Gasteiger partial charge is 0.456 e. The first-order valence-electron chi connectivity index (χ1n) is 16.9. The van der Waals surface area contributed by atoms with Crippen molar-refractivity contribution in [3.05, 3.63) is 182 Å². The third-order valence-electron chi connectivity index (χ3n) is 10.1. The zero-order chi connectivity index (χ0) is 32.3. The van der Waals surface area contributed by atoms with Crippen molar-refractivity contribution in [3.8, 4) is 44.5 Å². The van der Waals surface area contributed by atoms with E-state index in [0.717, 1.165) is 27.5 Å². The van der Waals surface area contributed by atoms with E-state index in [1.807, 2.05) is 0 Å². The highest BCUT2D eigenvalue weighted by atomic mass is 16.3. The van der Waals surface area contributed by atoms with Crippen LogP contribution in [0.2, 0.25) is 0 Å². The molecule has 10 rings (SSSR count). The summed E-state index contributed by atoms with van der Waals surface area (Å²) in [6.45, 7) is 0. The Balaban J connectivity index is 1.27. The molecule has 49 heavy (non-hydrogen) atoms. The summed E-state index contributed by atoms with van der Waals surface area (Å²) in [6.07, 6.45) is 0. The van der Waals surface area contributed by atoms with Gasteiger partial charge in [0, 0.05) is 10.8 Å². The summed E-state index contributed by atoms with van der Waals surface area (Å²) in [7, 11) is 0. The van der Waals surface area contributed by atoms with Crippen LogP contribution in [-0.2, 0) is 0 Å². The minimum absolute atomic E-state index is 0.900. The van der Waals surface area contributed by atoms with Crippen LogP contribution in [0.15, 0.2) is 186 Å². The van der Waals surface area contributed by atoms with Gasteiger partial charge in [0.2, 0.25) is 0 Å². The standard InChI is InChI=1S/C48H30O/c1-3-14-31(15-4-1)33-28-29-42-45(30-33)49-44-27-13-26-43(48(42)44)47-40-20-9-7-18-38(40)46(39-19-8-10-21-41(39)47)37-25-12-23-35-34(22-11-24-36(35)37)32-16-5-2-6-17-32/h1-30H. The van der Waals surface area contributed by atoms with Crippen LogP contribution in [0.4, 0.5) is 0 Å². The highest BCUT2D eigenvalue weighted by Crippen LogP contribution is 2.48. The second-order valence-electron chi connectivity index (χ2n) is 12.8. The summed E-state index contributed by atoms with van der Waals surface area (Å²) in [6, 6.07) is 65.6. The maximum absolute atomic E-state index is 6.59. The van der Waals surface area contributed by atoms with Crippen LogP contribution < -0.4 is 0 Å². The van der Waals surface area contributed by atoms with E-state index in [4.69, 9.17) is 4.42 Å². The van der Waals surface area contributed by atoms with Crippen LogP contribution >= 0.6 is 0 Å². The predicted molar refractivity (Wildman–Crippen MR) is 208 cm³/mol. The number of hydrogen-bond acceptors (Lipinski definition) is 1. The molecule has 0 aliphatic heterocycles. The molecule has 1 aromatic heterocycles. The molecule has 0 bridgehead atoms. The van der Waals surface area contributed by atoms with E-state index in [9.17, 15) is 0 Å². The molecule has 0 aliphatic rings.